The van der Waals surface area contributed by atoms with Crippen molar-refractivity contribution in [3.05, 3.63) is 24.3 Å². The van der Waals surface area contributed by atoms with Gasteiger partial charge in [-0.2, -0.15) is 0 Å². The highest BCUT2D eigenvalue weighted by Crippen LogP contribution is 2.19. The number of benzene rings is 1. The molecule has 2 atom stereocenters. The van der Waals surface area contributed by atoms with Gasteiger partial charge in [0, 0.05) is 5.69 Å². The molecule has 0 aromatic heterocycles. The van der Waals surface area contributed by atoms with Gasteiger partial charge >= 0.3 is 0 Å². The number of rotatable bonds is 3. The summed E-state index contributed by atoms with van der Waals surface area (Å²) in [5.74, 6) is 0.854. The van der Waals surface area contributed by atoms with Gasteiger partial charge in [0.2, 0.25) is 0 Å². The zero-order chi connectivity index (χ0) is 10.7. The summed E-state index contributed by atoms with van der Waals surface area (Å²) in [5, 5.41) is 3.34. The van der Waals surface area contributed by atoms with E-state index in [4.69, 9.17) is 15.2 Å². The molecular weight excluding hydrogens is 192 g/mol. The number of nitrogens with one attached hydrogen (secondary N) is 1. The van der Waals surface area contributed by atoms with E-state index < -0.39 is 0 Å². The van der Waals surface area contributed by atoms with Crippen molar-refractivity contribution in [2.75, 3.05) is 19.0 Å². The third kappa shape index (κ3) is 2.40. The molecule has 1 fully saturated rings. The minimum absolute atomic E-state index is 0.202. The van der Waals surface area contributed by atoms with Gasteiger partial charge in [-0.15, -0.1) is 0 Å². The molecule has 0 radical (unpaired) electrons. The molecule has 2 rings (SSSR count). The van der Waals surface area contributed by atoms with E-state index in [1.54, 1.807) is 7.11 Å². The van der Waals surface area contributed by atoms with Crippen LogP contribution in [0.3, 0.4) is 0 Å². The standard InChI is InChI=1S/C11H16N2O2/c1-14-9-4-2-8(3-5-9)13-10-6-7-15-11(10)12/h2-5,10-11,13H,6-7,12H2,1H3. The molecule has 1 aliphatic rings. The fraction of sp³-hybridized carbons (Fsp3) is 0.455. The molecule has 1 saturated heterocycles. The van der Waals surface area contributed by atoms with Crippen molar-refractivity contribution in [3.63, 3.8) is 0 Å². The van der Waals surface area contributed by atoms with E-state index in [0.717, 1.165) is 24.5 Å². The number of ether oxygens (including phenoxy) is 2. The van der Waals surface area contributed by atoms with Crippen molar-refractivity contribution in [1.29, 1.82) is 0 Å². The summed E-state index contributed by atoms with van der Waals surface area (Å²) in [6.07, 6.45) is 0.750. The van der Waals surface area contributed by atoms with Crippen molar-refractivity contribution in [1.82, 2.24) is 0 Å². The van der Waals surface area contributed by atoms with Crippen molar-refractivity contribution < 1.29 is 9.47 Å². The first-order chi connectivity index (χ1) is 7.29. The highest BCUT2D eigenvalue weighted by molar-refractivity contribution is 5.47. The van der Waals surface area contributed by atoms with E-state index in [1.165, 1.54) is 0 Å². The van der Waals surface area contributed by atoms with Crippen molar-refractivity contribution in [3.8, 4) is 5.75 Å². The van der Waals surface area contributed by atoms with Gasteiger partial charge in [-0.3, -0.25) is 0 Å². The van der Waals surface area contributed by atoms with Crippen LogP contribution in [0.4, 0.5) is 5.69 Å². The molecule has 0 spiro atoms. The summed E-state index contributed by atoms with van der Waals surface area (Å²) in [6.45, 7) is 0.731. The Balaban J connectivity index is 1.98. The second-order valence-electron chi connectivity index (χ2n) is 3.60. The van der Waals surface area contributed by atoms with Gasteiger partial charge in [0.1, 0.15) is 12.0 Å². The molecule has 4 nitrogen and oxygen atoms in total. The molecule has 1 aromatic rings. The summed E-state index contributed by atoms with van der Waals surface area (Å²) in [4.78, 5) is 0. The third-order valence-electron chi connectivity index (χ3n) is 2.58. The molecule has 82 valence electrons. The zero-order valence-electron chi connectivity index (χ0n) is 8.77. The maximum atomic E-state index is 5.77. The van der Waals surface area contributed by atoms with Crippen LogP contribution in [0.5, 0.6) is 5.75 Å². The fourth-order valence-corrected chi connectivity index (χ4v) is 1.67. The Hall–Kier alpha value is -1.26. The van der Waals surface area contributed by atoms with E-state index in [2.05, 4.69) is 5.32 Å². The predicted octanol–water partition coefficient (Wildman–Crippen LogP) is 1.18. The largest absolute Gasteiger partial charge is 0.497 e. The summed E-state index contributed by atoms with van der Waals surface area (Å²) in [7, 11) is 1.66. The molecule has 1 heterocycles. The van der Waals surface area contributed by atoms with Crippen LogP contribution in [0.1, 0.15) is 6.42 Å². The lowest BCUT2D eigenvalue weighted by Crippen LogP contribution is -2.36. The van der Waals surface area contributed by atoms with Crippen molar-refractivity contribution in [2.45, 2.75) is 18.7 Å². The van der Waals surface area contributed by atoms with E-state index in [0.29, 0.717) is 0 Å². The molecule has 0 bridgehead atoms. The molecule has 1 aliphatic heterocycles. The first-order valence-corrected chi connectivity index (χ1v) is 5.07. The Labute approximate surface area is 89.4 Å². The summed E-state index contributed by atoms with van der Waals surface area (Å²) in [6, 6.07) is 8.00. The van der Waals surface area contributed by atoms with Crippen LogP contribution in [0.15, 0.2) is 24.3 Å². The number of hydrogen-bond acceptors (Lipinski definition) is 4. The number of methoxy groups -OCH3 is 1. The van der Waals surface area contributed by atoms with Gasteiger partial charge in [-0.25, -0.2) is 0 Å². The van der Waals surface area contributed by atoms with Crippen molar-refractivity contribution in [2.24, 2.45) is 5.73 Å². The Bertz CT molecular complexity index is 313. The summed E-state index contributed by atoms with van der Waals surface area (Å²) in [5.41, 5.74) is 6.82. The second kappa shape index (κ2) is 4.51. The lowest BCUT2D eigenvalue weighted by molar-refractivity contribution is 0.112. The fourth-order valence-electron chi connectivity index (χ4n) is 1.67. The Morgan fingerprint density at radius 2 is 2.13 bits per heavy atom. The van der Waals surface area contributed by atoms with E-state index >= 15 is 0 Å². The highest BCUT2D eigenvalue weighted by Gasteiger charge is 2.24. The van der Waals surface area contributed by atoms with Crippen LogP contribution in [0, 0.1) is 0 Å². The normalized spacial score (nSPS) is 25.2. The van der Waals surface area contributed by atoms with Crippen LogP contribution in [-0.2, 0) is 4.74 Å². The van der Waals surface area contributed by atoms with E-state index in [9.17, 15) is 0 Å². The van der Waals surface area contributed by atoms with Crippen LogP contribution >= 0.6 is 0 Å². The summed E-state index contributed by atoms with van der Waals surface area (Å²) >= 11 is 0. The van der Waals surface area contributed by atoms with Gasteiger partial charge in [-0.1, -0.05) is 0 Å². The Morgan fingerprint density at radius 3 is 2.67 bits per heavy atom. The van der Waals surface area contributed by atoms with Crippen LogP contribution < -0.4 is 15.8 Å². The van der Waals surface area contributed by atoms with Crippen LogP contribution in [0.2, 0.25) is 0 Å². The highest BCUT2D eigenvalue weighted by atomic mass is 16.5. The monoisotopic (exact) mass is 208 g/mol. The number of hydrogen-bond donors (Lipinski definition) is 2. The number of nitrogens with two attached hydrogens (primary N) is 1. The van der Waals surface area contributed by atoms with Gasteiger partial charge in [-0.05, 0) is 30.7 Å². The van der Waals surface area contributed by atoms with E-state index in [-0.39, 0.29) is 12.3 Å². The molecule has 0 amide bonds. The molecule has 0 aliphatic carbocycles. The molecular formula is C11H16N2O2. The Morgan fingerprint density at radius 1 is 1.40 bits per heavy atom. The van der Waals surface area contributed by atoms with Crippen molar-refractivity contribution >= 4 is 5.69 Å². The first kappa shape index (κ1) is 10.3. The van der Waals surface area contributed by atoms with Gasteiger partial charge in [0.25, 0.3) is 0 Å². The predicted molar refractivity (Wildman–Crippen MR) is 58.9 cm³/mol. The third-order valence-corrected chi connectivity index (χ3v) is 2.58. The SMILES string of the molecule is COc1ccc(NC2CCOC2N)cc1. The second-order valence-corrected chi connectivity index (χ2v) is 3.60. The average Bonchev–Trinajstić information content (AvgIpc) is 2.66. The topological polar surface area (TPSA) is 56.5 Å². The molecule has 2 unspecified atom stereocenters. The first-order valence-electron chi connectivity index (χ1n) is 5.07. The zero-order valence-corrected chi connectivity index (χ0v) is 8.77. The van der Waals surface area contributed by atoms with Crippen LogP contribution in [-0.4, -0.2) is 26.0 Å². The minimum Gasteiger partial charge on any atom is -0.497 e. The van der Waals surface area contributed by atoms with Crippen LogP contribution in [0.25, 0.3) is 0 Å². The molecule has 1 aromatic carbocycles. The molecule has 3 N–H and O–H groups in total. The molecule has 4 heteroatoms. The average molecular weight is 208 g/mol. The van der Waals surface area contributed by atoms with Gasteiger partial charge < -0.3 is 20.5 Å². The number of anilines is 1. The minimum atomic E-state index is -0.202. The Kier molecular flexibility index (Phi) is 3.08. The quantitative estimate of drug-likeness (QED) is 0.783. The van der Waals surface area contributed by atoms with Gasteiger partial charge in [0.15, 0.2) is 0 Å². The smallest absolute Gasteiger partial charge is 0.126 e. The van der Waals surface area contributed by atoms with Gasteiger partial charge in [0.05, 0.1) is 19.8 Å². The maximum Gasteiger partial charge on any atom is 0.126 e. The molecule has 0 saturated carbocycles. The van der Waals surface area contributed by atoms with E-state index in [1.807, 2.05) is 24.3 Å². The molecule has 15 heavy (non-hydrogen) atoms. The summed E-state index contributed by atoms with van der Waals surface area (Å²) < 4.78 is 10.4. The maximum absolute atomic E-state index is 5.77. The lowest BCUT2D eigenvalue weighted by atomic mass is 10.2. The lowest BCUT2D eigenvalue weighted by Gasteiger charge is -2.17.